The van der Waals surface area contributed by atoms with Crippen LogP contribution in [0.4, 0.5) is 4.79 Å². The van der Waals surface area contributed by atoms with Crippen molar-refractivity contribution in [3.63, 3.8) is 0 Å². The van der Waals surface area contributed by atoms with Gasteiger partial charge in [-0.1, -0.05) is 65.7 Å². The van der Waals surface area contributed by atoms with Crippen molar-refractivity contribution in [3.8, 4) is 0 Å². The van der Waals surface area contributed by atoms with Crippen molar-refractivity contribution in [2.24, 2.45) is 0 Å². The number of rotatable bonds is 5. The van der Waals surface area contributed by atoms with Crippen molar-refractivity contribution in [2.75, 3.05) is 6.54 Å². The van der Waals surface area contributed by atoms with Crippen molar-refractivity contribution < 1.29 is 14.7 Å². The summed E-state index contributed by atoms with van der Waals surface area (Å²) < 4.78 is 0. The van der Waals surface area contributed by atoms with Gasteiger partial charge >= 0.3 is 6.09 Å². The number of halogens is 2. The highest BCUT2D eigenvalue weighted by Crippen LogP contribution is 2.49. The molecule has 1 aliphatic heterocycles. The van der Waals surface area contributed by atoms with Crippen LogP contribution in [0.25, 0.3) is 0 Å². The molecule has 0 aromatic heterocycles. The molecule has 0 aliphatic carbocycles. The van der Waals surface area contributed by atoms with E-state index in [1.807, 2.05) is 42.2 Å². The van der Waals surface area contributed by atoms with Crippen LogP contribution in [0.3, 0.4) is 0 Å². The molecule has 0 radical (unpaired) electrons. The summed E-state index contributed by atoms with van der Waals surface area (Å²) >= 11 is 13.0. The number of carbonyl (C=O) groups excluding carboxylic acids is 1. The molecule has 2 atom stereocenters. The first-order valence-electron chi connectivity index (χ1n) is 8.77. The number of amides is 2. The predicted molar refractivity (Wildman–Crippen MR) is 109 cm³/mol. The second-order valence-electron chi connectivity index (χ2n) is 6.63. The molecule has 0 saturated carbocycles. The summed E-state index contributed by atoms with van der Waals surface area (Å²) in [5.74, 6) is -0.534. The highest BCUT2D eigenvalue weighted by Gasteiger charge is 2.57. The zero-order valence-electron chi connectivity index (χ0n) is 15.3. The molecule has 1 fully saturated rings. The maximum absolute atomic E-state index is 12.8. The molecule has 1 saturated heterocycles. The standard InChI is InChI=1S/C21H20Cl2N2O3/c1-3-12-21(19-16(22)10-7-11-17(19)23)24(13-18(26)25(21)20(27)28)14(2)15-8-5-4-6-9-15/h3-11,14H,1,12-13H2,2H3,(H,27,28)/t14?,21-/m1/s1. The number of carbonyl (C=O) groups is 2. The van der Waals surface area contributed by atoms with Gasteiger partial charge in [0.2, 0.25) is 5.91 Å². The molecule has 7 heteroatoms. The van der Waals surface area contributed by atoms with Crippen LogP contribution in [0.15, 0.2) is 61.2 Å². The van der Waals surface area contributed by atoms with Crippen LogP contribution in [0.5, 0.6) is 0 Å². The lowest BCUT2D eigenvalue weighted by Gasteiger charge is -2.45. The minimum atomic E-state index is -1.39. The fourth-order valence-electron chi connectivity index (χ4n) is 3.96. The van der Waals surface area contributed by atoms with E-state index in [1.54, 1.807) is 24.3 Å². The van der Waals surface area contributed by atoms with Crippen molar-refractivity contribution in [1.29, 1.82) is 0 Å². The number of benzene rings is 2. The molecule has 2 amide bonds. The first-order valence-corrected chi connectivity index (χ1v) is 9.53. The summed E-state index contributed by atoms with van der Waals surface area (Å²) in [7, 11) is 0. The largest absolute Gasteiger partial charge is 0.465 e. The normalized spacial score (nSPS) is 21.0. The molecular weight excluding hydrogens is 399 g/mol. The number of imide groups is 1. The van der Waals surface area contributed by atoms with Gasteiger partial charge in [0.15, 0.2) is 0 Å². The number of hydrogen-bond acceptors (Lipinski definition) is 3. The van der Waals surface area contributed by atoms with Gasteiger partial charge in [0.25, 0.3) is 0 Å². The van der Waals surface area contributed by atoms with Gasteiger partial charge in [-0.25, -0.2) is 9.69 Å². The van der Waals surface area contributed by atoms with Crippen LogP contribution in [0.1, 0.15) is 30.5 Å². The average molecular weight is 419 g/mol. The predicted octanol–water partition coefficient (Wildman–Crippen LogP) is 5.31. The van der Waals surface area contributed by atoms with Crippen LogP contribution < -0.4 is 0 Å². The Bertz CT molecular complexity index is 899. The third-order valence-electron chi connectivity index (χ3n) is 5.13. The number of carboxylic acid groups (broad SMARTS) is 1. The van der Waals surface area contributed by atoms with E-state index in [-0.39, 0.29) is 19.0 Å². The molecule has 3 rings (SSSR count). The van der Waals surface area contributed by atoms with E-state index in [1.165, 1.54) is 0 Å². The second kappa shape index (κ2) is 7.95. The Labute approximate surface area is 173 Å². The summed E-state index contributed by atoms with van der Waals surface area (Å²) in [6, 6.07) is 14.3. The molecule has 1 heterocycles. The Morgan fingerprint density at radius 2 is 1.82 bits per heavy atom. The fourth-order valence-corrected chi connectivity index (χ4v) is 4.66. The monoisotopic (exact) mass is 418 g/mol. The Morgan fingerprint density at radius 1 is 1.21 bits per heavy atom. The van der Waals surface area contributed by atoms with Crippen LogP contribution >= 0.6 is 23.2 Å². The highest BCUT2D eigenvalue weighted by atomic mass is 35.5. The first kappa shape index (κ1) is 20.4. The zero-order valence-corrected chi connectivity index (χ0v) is 16.8. The third-order valence-corrected chi connectivity index (χ3v) is 5.76. The number of hydrogen-bond donors (Lipinski definition) is 1. The lowest BCUT2D eigenvalue weighted by Crippen LogP contribution is -2.54. The Balaban J connectivity index is 2.30. The molecule has 0 spiro atoms. The summed E-state index contributed by atoms with van der Waals surface area (Å²) in [6.07, 6.45) is 0.371. The summed E-state index contributed by atoms with van der Waals surface area (Å²) in [5.41, 5.74) is -0.0663. The van der Waals surface area contributed by atoms with E-state index in [2.05, 4.69) is 6.58 Å². The fraction of sp³-hybridized carbons (Fsp3) is 0.238. The molecule has 0 bridgehead atoms. The second-order valence-corrected chi connectivity index (χ2v) is 7.45. The lowest BCUT2D eigenvalue weighted by atomic mass is 9.91. The average Bonchev–Trinajstić information content (AvgIpc) is 2.94. The van der Waals surface area contributed by atoms with Crippen molar-refractivity contribution in [3.05, 3.63) is 82.4 Å². The van der Waals surface area contributed by atoms with Crippen molar-refractivity contribution in [2.45, 2.75) is 25.0 Å². The third kappa shape index (κ3) is 3.20. The molecule has 1 unspecified atom stereocenters. The minimum Gasteiger partial charge on any atom is -0.465 e. The van der Waals surface area contributed by atoms with Gasteiger partial charge in [-0.2, -0.15) is 0 Å². The van der Waals surface area contributed by atoms with Crippen LogP contribution in [0, 0.1) is 0 Å². The van der Waals surface area contributed by atoms with Gasteiger partial charge in [-0.3, -0.25) is 9.69 Å². The van der Waals surface area contributed by atoms with Gasteiger partial charge in [-0.15, -0.1) is 6.58 Å². The maximum atomic E-state index is 12.8. The van der Waals surface area contributed by atoms with Gasteiger partial charge in [0.1, 0.15) is 5.66 Å². The van der Waals surface area contributed by atoms with E-state index in [4.69, 9.17) is 23.2 Å². The van der Waals surface area contributed by atoms with Gasteiger partial charge in [-0.05, 0) is 24.6 Å². The zero-order chi connectivity index (χ0) is 20.5. The molecule has 2 aromatic rings. The summed E-state index contributed by atoms with van der Waals surface area (Å²) in [6.45, 7) is 5.64. The quantitative estimate of drug-likeness (QED) is 0.668. The van der Waals surface area contributed by atoms with Crippen molar-refractivity contribution in [1.82, 2.24) is 9.80 Å². The van der Waals surface area contributed by atoms with E-state index < -0.39 is 17.7 Å². The van der Waals surface area contributed by atoms with E-state index in [9.17, 15) is 14.7 Å². The smallest absolute Gasteiger partial charge is 0.415 e. The molecule has 2 aromatic carbocycles. The lowest BCUT2D eigenvalue weighted by molar-refractivity contribution is -0.128. The molecule has 146 valence electrons. The van der Waals surface area contributed by atoms with Crippen LogP contribution in [-0.2, 0) is 10.5 Å². The molecular formula is C21H20Cl2N2O3. The minimum absolute atomic E-state index is 0.0856. The Hall–Kier alpha value is -2.34. The molecule has 5 nitrogen and oxygen atoms in total. The SMILES string of the molecule is C=CC[C@]1(c2c(Cl)cccc2Cl)N(C(=O)O)C(=O)CN1C(C)c1ccccc1. The van der Waals surface area contributed by atoms with E-state index >= 15 is 0 Å². The van der Waals surface area contributed by atoms with Crippen LogP contribution in [-0.4, -0.2) is 33.5 Å². The van der Waals surface area contributed by atoms with Crippen molar-refractivity contribution >= 4 is 35.2 Å². The Kier molecular flexibility index (Phi) is 5.79. The van der Waals surface area contributed by atoms with Gasteiger partial charge in [0.05, 0.1) is 6.54 Å². The first-order chi connectivity index (χ1) is 13.3. The van der Waals surface area contributed by atoms with Crippen LogP contribution in [0.2, 0.25) is 10.0 Å². The van der Waals surface area contributed by atoms with E-state index in [0.29, 0.717) is 15.6 Å². The Morgan fingerprint density at radius 3 is 2.36 bits per heavy atom. The molecule has 28 heavy (non-hydrogen) atoms. The number of nitrogens with zero attached hydrogens (tertiary/aromatic N) is 2. The summed E-state index contributed by atoms with van der Waals surface area (Å²) in [5, 5.41) is 10.5. The van der Waals surface area contributed by atoms with Gasteiger partial charge in [0, 0.05) is 28.1 Å². The van der Waals surface area contributed by atoms with E-state index in [0.717, 1.165) is 10.5 Å². The molecule has 1 aliphatic rings. The van der Waals surface area contributed by atoms with Gasteiger partial charge < -0.3 is 5.11 Å². The maximum Gasteiger partial charge on any atom is 0.415 e. The molecule has 1 N–H and O–H groups in total. The summed E-state index contributed by atoms with van der Waals surface area (Å²) in [4.78, 5) is 27.7. The topological polar surface area (TPSA) is 60.9 Å². The highest BCUT2D eigenvalue weighted by molar-refractivity contribution is 6.36.